The third kappa shape index (κ3) is 24.3. The summed E-state index contributed by atoms with van der Waals surface area (Å²) in [6.45, 7) is 9.12. The molecule has 1 heterocycles. The molecule has 246 valence electrons. The number of hydroxylamine groups is 1. The number of rotatable bonds is 30. The predicted octanol–water partition coefficient (Wildman–Crippen LogP) is 9.30. The van der Waals surface area contributed by atoms with Crippen molar-refractivity contribution >= 4 is 21.4 Å². The van der Waals surface area contributed by atoms with Crippen molar-refractivity contribution in [1.82, 2.24) is 5.48 Å². The van der Waals surface area contributed by atoms with Gasteiger partial charge in [-0.1, -0.05) is 123 Å². The van der Waals surface area contributed by atoms with Crippen LogP contribution in [0.4, 0.5) is 0 Å². The summed E-state index contributed by atoms with van der Waals surface area (Å²) in [4.78, 5) is 0. The van der Waals surface area contributed by atoms with Crippen LogP contribution in [0, 0.1) is 5.92 Å². The highest BCUT2D eigenvalue weighted by atomic mass is 32.1. The molecule has 0 aromatic heterocycles. The smallest absolute Gasteiger partial charge is 0.379 e. The van der Waals surface area contributed by atoms with Crippen LogP contribution in [0.25, 0.3) is 0 Å². The minimum Gasteiger partial charge on any atom is -0.379 e. The molecular weight excluding hydrogens is 551 g/mol. The Morgan fingerprint density at radius 3 is 1.78 bits per heavy atom. The van der Waals surface area contributed by atoms with Crippen molar-refractivity contribution in [2.24, 2.45) is 5.92 Å². The fourth-order valence-electron chi connectivity index (χ4n) is 5.40. The summed E-state index contributed by atoms with van der Waals surface area (Å²) in [7, 11) is -2.75. The fraction of sp³-hybridized carbons (Fsp3) is 1.00. The van der Waals surface area contributed by atoms with Crippen LogP contribution in [0.1, 0.15) is 149 Å². The molecule has 1 saturated heterocycles. The lowest BCUT2D eigenvalue weighted by Gasteiger charge is -2.33. The van der Waals surface area contributed by atoms with E-state index in [1.54, 1.807) is 0 Å². The third-order valence-corrected chi connectivity index (χ3v) is 11.1. The van der Waals surface area contributed by atoms with Crippen LogP contribution in [0.3, 0.4) is 0 Å². The molecule has 0 aromatic rings. The summed E-state index contributed by atoms with van der Waals surface area (Å²) in [5, 5.41) is 0. The van der Waals surface area contributed by atoms with Crippen LogP contribution in [-0.2, 0) is 22.9 Å². The second kappa shape index (κ2) is 30.4. The van der Waals surface area contributed by atoms with Gasteiger partial charge in [-0.2, -0.15) is 12.6 Å². The van der Waals surface area contributed by atoms with Crippen molar-refractivity contribution in [3.63, 3.8) is 0 Å². The fourth-order valence-corrected chi connectivity index (χ4v) is 8.18. The SMILES string of the molecule is CCCCCCCCCCCCCCCCCCC1CCO[Si](CCCS)(OCCOCCOCCCC)ONC1. The van der Waals surface area contributed by atoms with Crippen molar-refractivity contribution in [1.29, 1.82) is 0 Å². The number of nitrogens with one attached hydrogen (secondary N) is 1. The first kappa shape index (κ1) is 39.4. The Labute approximate surface area is 261 Å². The van der Waals surface area contributed by atoms with E-state index in [4.69, 9.17) is 22.9 Å². The van der Waals surface area contributed by atoms with E-state index in [1.807, 2.05) is 0 Å². The third-order valence-electron chi connectivity index (χ3n) is 8.12. The van der Waals surface area contributed by atoms with E-state index in [-0.39, 0.29) is 0 Å². The van der Waals surface area contributed by atoms with Crippen LogP contribution in [0.5, 0.6) is 0 Å². The predicted molar refractivity (Wildman–Crippen MR) is 179 cm³/mol. The lowest BCUT2D eigenvalue weighted by molar-refractivity contribution is -0.0210. The second-order valence-corrected chi connectivity index (χ2v) is 15.1. The number of ether oxygens (including phenoxy) is 2. The van der Waals surface area contributed by atoms with Gasteiger partial charge in [0.15, 0.2) is 0 Å². The summed E-state index contributed by atoms with van der Waals surface area (Å²) in [5.74, 6) is 1.41. The molecule has 2 atom stereocenters. The van der Waals surface area contributed by atoms with Gasteiger partial charge in [-0.25, -0.2) is 5.48 Å². The maximum absolute atomic E-state index is 6.33. The molecule has 41 heavy (non-hydrogen) atoms. The van der Waals surface area contributed by atoms with Gasteiger partial charge < -0.3 is 18.3 Å². The molecule has 1 aliphatic heterocycles. The Balaban J connectivity index is 2.04. The first-order chi connectivity index (χ1) is 20.3. The van der Waals surface area contributed by atoms with Crippen LogP contribution in [0.2, 0.25) is 6.04 Å². The highest BCUT2D eigenvalue weighted by Crippen LogP contribution is 2.23. The van der Waals surface area contributed by atoms with Crippen LogP contribution in [0.15, 0.2) is 0 Å². The average Bonchev–Trinajstić information content (AvgIpc) is 2.97. The molecule has 0 aromatic carbocycles. The van der Waals surface area contributed by atoms with Crippen LogP contribution >= 0.6 is 12.6 Å². The molecular formula is C33H69NO5SSi. The summed E-state index contributed by atoms with van der Waals surface area (Å²) in [6, 6.07) is 0.785. The van der Waals surface area contributed by atoms with E-state index in [9.17, 15) is 0 Å². The molecule has 0 bridgehead atoms. The van der Waals surface area contributed by atoms with E-state index < -0.39 is 8.80 Å². The lowest BCUT2D eigenvalue weighted by atomic mass is 9.97. The molecule has 0 amide bonds. The summed E-state index contributed by atoms with van der Waals surface area (Å²) in [6.07, 6.45) is 28.1. The zero-order valence-corrected chi connectivity index (χ0v) is 29.2. The Kier molecular flexibility index (Phi) is 29.1. The molecule has 6 nitrogen and oxygen atoms in total. The second-order valence-electron chi connectivity index (χ2n) is 12.0. The van der Waals surface area contributed by atoms with Crippen molar-refractivity contribution in [2.45, 2.75) is 155 Å². The van der Waals surface area contributed by atoms with Gasteiger partial charge >= 0.3 is 8.80 Å². The van der Waals surface area contributed by atoms with Crippen molar-refractivity contribution in [2.75, 3.05) is 51.9 Å². The number of thiol groups is 1. The van der Waals surface area contributed by atoms with E-state index in [1.165, 1.54) is 109 Å². The van der Waals surface area contributed by atoms with E-state index in [0.717, 1.165) is 57.2 Å². The lowest BCUT2D eigenvalue weighted by Crippen LogP contribution is -2.52. The van der Waals surface area contributed by atoms with Gasteiger partial charge in [-0.05, 0) is 37.4 Å². The minimum atomic E-state index is -2.75. The van der Waals surface area contributed by atoms with E-state index in [2.05, 4.69) is 32.0 Å². The monoisotopic (exact) mass is 619 g/mol. The zero-order valence-electron chi connectivity index (χ0n) is 27.3. The summed E-state index contributed by atoms with van der Waals surface area (Å²) in [5.41, 5.74) is 3.25. The van der Waals surface area contributed by atoms with Gasteiger partial charge in [0.05, 0.1) is 26.4 Å². The molecule has 1 rings (SSSR count). The quantitative estimate of drug-likeness (QED) is 0.0475. The van der Waals surface area contributed by atoms with Gasteiger partial charge in [0, 0.05) is 25.8 Å². The standard InChI is InChI=1S/C33H69NO5SSi/c1-3-5-7-8-9-10-11-12-13-14-15-16-17-18-19-20-22-33-23-25-37-41(31-21-30-40,39-34-32-33)38-29-28-36-27-26-35-24-6-4-2/h33-34,40H,3-32H2,1-2H3. The van der Waals surface area contributed by atoms with Gasteiger partial charge in [-0.15, -0.1) is 0 Å². The molecule has 8 heteroatoms. The van der Waals surface area contributed by atoms with Crippen LogP contribution < -0.4 is 5.48 Å². The molecule has 1 aliphatic rings. The molecule has 0 aliphatic carbocycles. The zero-order chi connectivity index (χ0) is 29.5. The van der Waals surface area contributed by atoms with Gasteiger partial charge in [0.1, 0.15) is 0 Å². The Morgan fingerprint density at radius 2 is 1.20 bits per heavy atom. The number of hydrogen-bond acceptors (Lipinski definition) is 7. The normalized spacial score (nSPS) is 19.8. The Morgan fingerprint density at radius 1 is 0.659 bits per heavy atom. The molecule has 0 radical (unpaired) electrons. The molecule has 1 N–H and O–H groups in total. The Hall–Kier alpha value is 0.327. The number of unbranched alkanes of at least 4 members (excludes halogenated alkanes) is 16. The van der Waals surface area contributed by atoms with Gasteiger partial charge in [-0.3, -0.25) is 4.53 Å². The van der Waals surface area contributed by atoms with Crippen molar-refractivity contribution < 1.29 is 22.9 Å². The van der Waals surface area contributed by atoms with Crippen molar-refractivity contribution in [3.05, 3.63) is 0 Å². The molecule has 0 spiro atoms. The van der Waals surface area contributed by atoms with Gasteiger partial charge in [0.25, 0.3) is 0 Å². The first-order valence-electron chi connectivity index (χ1n) is 17.7. The summed E-state index contributed by atoms with van der Waals surface area (Å²) < 4.78 is 29.9. The molecule has 0 saturated carbocycles. The summed E-state index contributed by atoms with van der Waals surface area (Å²) >= 11 is 4.39. The molecule has 2 unspecified atom stereocenters. The Bertz CT molecular complexity index is 524. The topological polar surface area (TPSA) is 58.2 Å². The number of hydrogen-bond donors (Lipinski definition) is 2. The first-order valence-corrected chi connectivity index (χ1v) is 20.3. The van der Waals surface area contributed by atoms with Gasteiger partial charge in [0.2, 0.25) is 0 Å². The molecule has 1 fully saturated rings. The minimum absolute atomic E-state index is 0.484. The maximum Gasteiger partial charge on any atom is 0.518 e. The average molecular weight is 620 g/mol. The largest absolute Gasteiger partial charge is 0.518 e. The maximum atomic E-state index is 6.33. The van der Waals surface area contributed by atoms with E-state index >= 15 is 0 Å². The van der Waals surface area contributed by atoms with Crippen LogP contribution in [-0.4, -0.2) is 60.7 Å². The highest BCUT2D eigenvalue weighted by Gasteiger charge is 2.42. The van der Waals surface area contributed by atoms with E-state index in [0.29, 0.717) is 32.3 Å². The van der Waals surface area contributed by atoms with Crippen molar-refractivity contribution in [3.8, 4) is 0 Å². The highest BCUT2D eigenvalue weighted by molar-refractivity contribution is 7.80.